The van der Waals surface area contributed by atoms with Crippen molar-refractivity contribution in [3.8, 4) is 0 Å². The number of carbonyl (C=O) groups excluding carboxylic acids is 1. The quantitative estimate of drug-likeness (QED) is 0.703. The highest BCUT2D eigenvalue weighted by Crippen LogP contribution is 2.20. The number of hydrogen-bond donors (Lipinski definition) is 3. The van der Waals surface area contributed by atoms with Gasteiger partial charge in [-0.15, -0.1) is 0 Å². The number of anilines is 2. The number of primary amides is 1. The van der Waals surface area contributed by atoms with Gasteiger partial charge in [-0.3, -0.25) is 14.2 Å². The van der Waals surface area contributed by atoms with Crippen molar-refractivity contribution >= 4 is 17.5 Å². The number of amides is 1. The standard InChI is InChI=1S/C11H17N7O/c1-6-8(10(13)19)11(18(3)16-6)14-4-7-5-15-17(2)9(7)12/h5,14H,4,12H2,1-3H3,(H2,13,19). The van der Waals surface area contributed by atoms with Crippen molar-refractivity contribution in [3.05, 3.63) is 23.0 Å². The lowest BCUT2D eigenvalue weighted by molar-refractivity contribution is 0.100. The Hall–Kier alpha value is -2.51. The van der Waals surface area contributed by atoms with Gasteiger partial charge in [0.15, 0.2) is 0 Å². The highest BCUT2D eigenvalue weighted by Gasteiger charge is 2.18. The first-order chi connectivity index (χ1) is 8.91. The molecule has 0 saturated heterocycles. The summed E-state index contributed by atoms with van der Waals surface area (Å²) in [5.41, 5.74) is 13.0. The second-order valence-corrected chi connectivity index (χ2v) is 4.33. The van der Waals surface area contributed by atoms with Gasteiger partial charge in [-0.2, -0.15) is 10.2 Å². The fraction of sp³-hybridized carbons (Fsp3) is 0.364. The molecule has 0 aliphatic carbocycles. The predicted octanol–water partition coefficient (Wildman–Crippen LogP) is -0.245. The zero-order valence-corrected chi connectivity index (χ0v) is 11.1. The molecule has 0 aromatic carbocycles. The van der Waals surface area contributed by atoms with Crippen LogP contribution in [-0.4, -0.2) is 25.5 Å². The van der Waals surface area contributed by atoms with Crippen molar-refractivity contribution in [3.63, 3.8) is 0 Å². The summed E-state index contributed by atoms with van der Waals surface area (Å²) in [5, 5.41) is 11.3. The average molecular weight is 263 g/mol. The Kier molecular flexibility index (Phi) is 3.16. The zero-order chi connectivity index (χ0) is 14.2. The van der Waals surface area contributed by atoms with E-state index in [-0.39, 0.29) is 0 Å². The molecule has 0 saturated carbocycles. The fourth-order valence-electron chi connectivity index (χ4n) is 1.96. The maximum atomic E-state index is 11.4. The van der Waals surface area contributed by atoms with Gasteiger partial charge in [0.2, 0.25) is 0 Å². The number of hydrogen-bond acceptors (Lipinski definition) is 5. The molecule has 2 aromatic heterocycles. The van der Waals surface area contributed by atoms with E-state index in [1.807, 2.05) is 0 Å². The molecule has 2 heterocycles. The Bertz CT molecular complexity index is 625. The predicted molar refractivity (Wildman–Crippen MR) is 71.4 cm³/mol. The fourth-order valence-corrected chi connectivity index (χ4v) is 1.96. The smallest absolute Gasteiger partial charge is 0.254 e. The van der Waals surface area contributed by atoms with E-state index in [0.717, 1.165) is 5.56 Å². The van der Waals surface area contributed by atoms with Gasteiger partial charge in [0.1, 0.15) is 17.2 Å². The summed E-state index contributed by atoms with van der Waals surface area (Å²) < 4.78 is 3.17. The van der Waals surface area contributed by atoms with E-state index in [4.69, 9.17) is 11.5 Å². The Balaban J connectivity index is 2.25. The number of nitrogen functional groups attached to an aromatic ring is 1. The van der Waals surface area contributed by atoms with Crippen LogP contribution < -0.4 is 16.8 Å². The number of aromatic nitrogens is 4. The third-order valence-electron chi connectivity index (χ3n) is 2.98. The van der Waals surface area contributed by atoms with Gasteiger partial charge in [0, 0.05) is 26.2 Å². The Morgan fingerprint density at radius 2 is 2.11 bits per heavy atom. The third-order valence-corrected chi connectivity index (χ3v) is 2.98. The summed E-state index contributed by atoms with van der Waals surface area (Å²) in [6.07, 6.45) is 1.68. The zero-order valence-electron chi connectivity index (χ0n) is 11.1. The maximum absolute atomic E-state index is 11.4. The van der Waals surface area contributed by atoms with Crippen molar-refractivity contribution < 1.29 is 4.79 Å². The topological polar surface area (TPSA) is 117 Å². The molecule has 5 N–H and O–H groups in total. The lowest BCUT2D eigenvalue weighted by atomic mass is 10.2. The molecular formula is C11H17N7O. The molecule has 0 unspecified atom stereocenters. The molecule has 102 valence electrons. The summed E-state index contributed by atoms with van der Waals surface area (Å²) in [4.78, 5) is 11.4. The van der Waals surface area contributed by atoms with E-state index < -0.39 is 5.91 Å². The summed E-state index contributed by atoms with van der Waals surface area (Å²) >= 11 is 0. The highest BCUT2D eigenvalue weighted by atomic mass is 16.1. The molecular weight excluding hydrogens is 246 g/mol. The second-order valence-electron chi connectivity index (χ2n) is 4.33. The van der Waals surface area contributed by atoms with Gasteiger partial charge in [-0.25, -0.2) is 0 Å². The van der Waals surface area contributed by atoms with E-state index in [0.29, 0.717) is 29.4 Å². The maximum Gasteiger partial charge on any atom is 0.254 e. The number of carbonyl (C=O) groups is 1. The van der Waals surface area contributed by atoms with Crippen LogP contribution in [0.15, 0.2) is 6.20 Å². The van der Waals surface area contributed by atoms with Crippen LogP contribution in [0.2, 0.25) is 0 Å². The van der Waals surface area contributed by atoms with Crippen LogP contribution in [0.1, 0.15) is 21.6 Å². The molecule has 8 nitrogen and oxygen atoms in total. The van der Waals surface area contributed by atoms with Gasteiger partial charge in [-0.1, -0.05) is 0 Å². The van der Waals surface area contributed by atoms with Gasteiger partial charge in [0.25, 0.3) is 5.91 Å². The molecule has 19 heavy (non-hydrogen) atoms. The molecule has 0 bridgehead atoms. The van der Waals surface area contributed by atoms with Crippen molar-refractivity contribution in [2.75, 3.05) is 11.1 Å². The lowest BCUT2D eigenvalue weighted by Crippen LogP contribution is -2.15. The molecule has 0 aliphatic heterocycles. The van der Waals surface area contributed by atoms with Gasteiger partial charge in [-0.05, 0) is 6.92 Å². The molecule has 8 heteroatoms. The number of nitrogens with one attached hydrogen (secondary N) is 1. The van der Waals surface area contributed by atoms with Gasteiger partial charge >= 0.3 is 0 Å². The van der Waals surface area contributed by atoms with Gasteiger partial charge < -0.3 is 16.8 Å². The molecule has 0 radical (unpaired) electrons. The third kappa shape index (κ3) is 2.24. The Labute approximate surface area is 110 Å². The van der Waals surface area contributed by atoms with Crippen LogP contribution in [0, 0.1) is 6.92 Å². The minimum absolute atomic E-state index is 0.393. The summed E-state index contributed by atoms with van der Waals surface area (Å²) in [5.74, 6) is 0.646. The molecule has 2 aromatic rings. The van der Waals surface area contributed by atoms with Crippen molar-refractivity contribution in [1.82, 2.24) is 19.6 Å². The molecule has 1 amide bonds. The molecule has 0 aliphatic rings. The Morgan fingerprint density at radius 1 is 1.42 bits per heavy atom. The number of nitrogens with zero attached hydrogens (tertiary/aromatic N) is 4. The first kappa shape index (κ1) is 12.9. The normalized spacial score (nSPS) is 10.7. The van der Waals surface area contributed by atoms with Crippen LogP contribution in [0.25, 0.3) is 0 Å². The van der Waals surface area contributed by atoms with E-state index in [1.54, 1.807) is 36.6 Å². The molecule has 0 atom stereocenters. The first-order valence-electron chi connectivity index (χ1n) is 5.75. The van der Waals surface area contributed by atoms with Crippen molar-refractivity contribution in [2.24, 2.45) is 19.8 Å². The largest absolute Gasteiger partial charge is 0.384 e. The van der Waals surface area contributed by atoms with E-state index in [9.17, 15) is 4.79 Å². The van der Waals surface area contributed by atoms with E-state index in [2.05, 4.69) is 15.5 Å². The van der Waals surface area contributed by atoms with Crippen LogP contribution in [0.5, 0.6) is 0 Å². The summed E-state index contributed by atoms with van der Waals surface area (Å²) in [6, 6.07) is 0. The lowest BCUT2D eigenvalue weighted by Gasteiger charge is -2.08. The summed E-state index contributed by atoms with van der Waals surface area (Å²) in [7, 11) is 3.51. The van der Waals surface area contributed by atoms with Crippen molar-refractivity contribution in [2.45, 2.75) is 13.5 Å². The monoisotopic (exact) mass is 263 g/mol. The van der Waals surface area contributed by atoms with Crippen LogP contribution in [0.3, 0.4) is 0 Å². The van der Waals surface area contributed by atoms with E-state index in [1.165, 1.54) is 0 Å². The van der Waals surface area contributed by atoms with Gasteiger partial charge in [0.05, 0.1) is 11.9 Å². The SMILES string of the molecule is Cc1nn(C)c(NCc2cnn(C)c2N)c1C(N)=O. The highest BCUT2D eigenvalue weighted by molar-refractivity contribution is 5.98. The van der Waals surface area contributed by atoms with Crippen LogP contribution in [-0.2, 0) is 20.6 Å². The minimum atomic E-state index is -0.507. The minimum Gasteiger partial charge on any atom is -0.384 e. The summed E-state index contributed by atoms with van der Waals surface area (Å²) in [6.45, 7) is 2.18. The van der Waals surface area contributed by atoms with Crippen LogP contribution in [0.4, 0.5) is 11.6 Å². The Morgan fingerprint density at radius 3 is 2.63 bits per heavy atom. The molecule has 0 spiro atoms. The number of nitrogens with two attached hydrogens (primary N) is 2. The molecule has 0 fully saturated rings. The first-order valence-corrected chi connectivity index (χ1v) is 5.75. The molecule has 2 rings (SSSR count). The van der Waals surface area contributed by atoms with Crippen LogP contribution >= 0.6 is 0 Å². The van der Waals surface area contributed by atoms with E-state index >= 15 is 0 Å². The average Bonchev–Trinajstić information content (AvgIpc) is 2.79. The van der Waals surface area contributed by atoms with Crippen molar-refractivity contribution in [1.29, 1.82) is 0 Å². The number of rotatable bonds is 4. The second kappa shape index (κ2) is 4.63. The number of aryl methyl sites for hydroxylation is 3.